The average molecular weight is 341 g/mol. The molecule has 0 saturated carbocycles. The van der Waals surface area contributed by atoms with Gasteiger partial charge in [0.15, 0.2) is 6.61 Å². The van der Waals surface area contributed by atoms with Crippen LogP contribution in [0, 0.1) is 5.82 Å². The molecule has 3 rings (SSSR count). The number of carbonyl (C=O) groups is 1. The predicted octanol–water partition coefficient (Wildman–Crippen LogP) is 3.13. The van der Waals surface area contributed by atoms with Gasteiger partial charge in [-0.2, -0.15) is 4.98 Å². The fraction of sp³-hybridized carbons (Fsp3) is 0.167. The first-order valence-electron chi connectivity index (χ1n) is 7.68. The number of benzene rings is 2. The van der Waals surface area contributed by atoms with E-state index in [1.54, 1.807) is 31.2 Å². The summed E-state index contributed by atoms with van der Waals surface area (Å²) >= 11 is 0. The molecule has 25 heavy (non-hydrogen) atoms. The fourth-order valence-corrected chi connectivity index (χ4v) is 2.14. The molecular formula is C18H16FN3O3. The monoisotopic (exact) mass is 341 g/mol. The minimum absolute atomic E-state index is 0.118. The van der Waals surface area contributed by atoms with E-state index in [0.717, 1.165) is 0 Å². The van der Waals surface area contributed by atoms with E-state index < -0.39 is 6.04 Å². The minimum atomic E-state index is -0.478. The molecule has 0 unspecified atom stereocenters. The highest BCUT2D eigenvalue weighted by Crippen LogP contribution is 2.19. The maximum atomic E-state index is 13.0. The second-order valence-electron chi connectivity index (χ2n) is 5.35. The number of halogens is 1. The Morgan fingerprint density at radius 2 is 1.92 bits per heavy atom. The summed E-state index contributed by atoms with van der Waals surface area (Å²) in [5.74, 6) is 0.551. The normalized spacial score (nSPS) is 11.8. The molecule has 2 aromatic carbocycles. The van der Waals surface area contributed by atoms with Crippen molar-refractivity contribution in [2.24, 2.45) is 0 Å². The van der Waals surface area contributed by atoms with Gasteiger partial charge in [0, 0.05) is 5.56 Å². The van der Waals surface area contributed by atoms with Crippen molar-refractivity contribution in [1.82, 2.24) is 15.5 Å². The number of nitrogens with one attached hydrogen (secondary N) is 1. The van der Waals surface area contributed by atoms with Crippen LogP contribution in [0.2, 0.25) is 0 Å². The molecule has 1 amide bonds. The van der Waals surface area contributed by atoms with Crippen LogP contribution in [0.4, 0.5) is 4.39 Å². The van der Waals surface area contributed by atoms with Gasteiger partial charge >= 0.3 is 0 Å². The molecule has 3 aromatic rings. The molecule has 6 nitrogen and oxygen atoms in total. The summed E-state index contributed by atoms with van der Waals surface area (Å²) in [7, 11) is 0. The second-order valence-corrected chi connectivity index (χ2v) is 5.35. The SMILES string of the molecule is C[C@@H](NC(=O)COc1ccccc1)c1nc(-c2ccc(F)cc2)no1. The van der Waals surface area contributed by atoms with Crippen molar-refractivity contribution in [2.75, 3.05) is 6.61 Å². The zero-order chi connectivity index (χ0) is 17.6. The van der Waals surface area contributed by atoms with Crippen LogP contribution in [-0.2, 0) is 4.79 Å². The summed E-state index contributed by atoms with van der Waals surface area (Å²) in [6.45, 7) is 1.61. The number of ether oxygens (including phenoxy) is 1. The van der Waals surface area contributed by atoms with Crippen LogP contribution in [-0.4, -0.2) is 22.7 Å². The molecule has 0 fully saturated rings. The lowest BCUT2D eigenvalue weighted by atomic mass is 10.2. The Morgan fingerprint density at radius 1 is 1.20 bits per heavy atom. The van der Waals surface area contributed by atoms with E-state index in [1.807, 2.05) is 18.2 Å². The highest BCUT2D eigenvalue weighted by Gasteiger charge is 2.17. The number of nitrogens with zero attached hydrogens (tertiary/aromatic N) is 2. The molecule has 0 aliphatic carbocycles. The zero-order valence-corrected chi connectivity index (χ0v) is 13.5. The van der Waals surface area contributed by atoms with Crippen molar-refractivity contribution in [2.45, 2.75) is 13.0 Å². The van der Waals surface area contributed by atoms with E-state index in [1.165, 1.54) is 12.1 Å². The van der Waals surface area contributed by atoms with Crippen LogP contribution in [0.3, 0.4) is 0 Å². The Balaban J connectivity index is 1.57. The number of rotatable bonds is 6. The Hall–Kier alpha value is -3.22. The van der Waals surface area contributed by atoms with Gasteiger partial charge in [-0.1, -0.05) is 23.4 Å². The van der Waals surface area contributed by atoms with Gasteiger partial charge in [-0.15, -0.1) is 0 Å². The molecule has 1 aromatic heterocycles. The smallest absolute Gasteiger partial charge is 0.258 e. The topological polar surface area (TPSA) is 77.2 Å². The molecule has 1 atom stereocenters. The number of aromatic nitrogens is 2. The molecule has 1 heterocycles. The van der Waals surface area contributed by atoms with Crippen molar-refractivity contribution in [3.63, 3.8) is 0 Å². The van der Waals surface area contributed by atoms with Crippen molar-refractivity contribution in [3.8, 4) is 17.1 Å². The van der Waals surface area contributed by atoms with E-state index in [9.17, 15) is 9.18 Å². The standard InChI is InChI=1S/C18H16FN3O3/c1-12(20-16(23)11-24-15-5-3-2-4-6-15)18-21-17(22-25-18)13-7-9-14(19)10-8-13/h2-10,12H,11H2,1H3,(H,20,23)/t12-/m1/s1. The average Bonchev–Trinajstić information content (AvgIpc) is 3.12. The molecule has 0 radical (unpaired) electrons. The van der Waals surface area contributed by atoms with Gasteiger partial charge in [-0.25, -0.2) is 4.39 Å². The molecule has 0 aliphatic heterocycles. The molecule has 0 aliphatic rings. The third-order valence-electron chi connectivity index (χ3n) is 3.41. The summed E-state index contributed by atoms with van der Waals surface area (Å²) in [5, 5.41) is 6.57. The summed E-state index contributed by atoms with van der Waals surface area (Å²) in [5.41, 5.74) is 0.627. The lowest BCUT2D eigenvalue weighted by molar-refractivity contribution is -0.123. The quantitative estimate of drug-likeness (QED) is 0.745. The number of amides is 1. The first-order valence-corrected chi connectivity index (χ1v) is 7.68. The summed E-state index contributed by atoms with van der Waals surface area (Å²) in [4.78, 5) is 16.2. The third kappa shape index (κ3) is 4.41. The lowest BCUT2D eigenvalue weighted by Crippen LogP contribution is -2.31. The van der Waals surface area contributed by atoms with Gasteiger partial charge in [0.1, 0.15) is 17.6 Å². The van der Waals surface area contributed by atoms with Crippen LogP contribution in [0.15, 0.2) is 59.1 Å². The van der Waals surface area contributed by atoms with Crippen LogP contribution < -0.4 is 10.1 Å². The van der Waals surface area contributed by atoms with Crippen LogP contribution in [0.25, 0.3) is 11.4 Å². The number of carbonyl (C=O) groups excluding carboxylic acids is 1. The van der Waals surface area contributed by atoms with E-state index in [2.05, 4.69) is 15.5 Å². The highest BCUT2D eigenvalue weighted by molar-refractivity contribution is 5.77. The van der Waals surface area contributed by atoms with Gasteiger partial charge in [0.2, 0.25) is 11.7 Å². The van der Waals surface area contributed by atoms with E-state index >= 15 is 0 Å². The molecule has 128 valence electrons. The largest absolute Gasteiger partial charge is 0.484 e. The van der Waals surface area contributed by atoms with Crippen molar-refractivity contribution >= 4 is 5.91 Å². The van der Waals surface area contributed by atoms with Gasteiger partial charge in [0.25, 0.3) is 5.91 Å². The van der Waals surface area contributed by atoms with Gasteiger partial charge in [-0.3, -0.25) is 4.79 Å². The first-order chi connectivity index (χ1) is 12.1. The van der Waals surface area contributed by atoms with Crippen LogP contribution >= 0.6 is 0 Å². The lowest BCUT2D eigenvalue weighted by Gasteiger charge is -2.10. The fourth-order valence-electron chi connectivity index (χ4n) is 2.14. The van der Waals surface area contributed by atoms with Gasteiger partial charge in [0.05, 0.1) is 0 Å². The third-order valence-corrected chi connectivity index (χ3v) is 3.41. The molecule has 0 saturated heterocycles. The van der Waals surface area contributed by atoms with Gasteiger partial charge < -0.3 is 14.6 Å². The zero-order valence-electron chi connectivity index (χ0n) is 13.5. The summed E-state index contributed by atoms with van der Waals surface area (Å²) in [6.07, 6.45) is 0. The Morgan fingerprint density at radius 3 is 2.64 bits per heavy atom. The number of para-hydroxylation sites is 1. The van der Waals surface area contributed by atoms with Crippen molar-refractivity contribution < 1.29 is 18.4 Å². The molecule has 1 N–H and O–H groups in total. The maximum Gasteiger partial charge on any atom is 0.258 e. The molecule has 7 heteroatoms. The number of hydrogen-bond donors (Lipinski definition) is 1. The second kappa shape index (κ2) is 7.57. The molecule has 0 bridgehead atoms. The van der Waals surface area contributed by atoms with Crippen molar-refractivity contribution in [1.29, 1.82) is 0 Å². The van der Waals surface area contributed by atoms with Crippen molar-refractivity contribution in [3.05, 3.63) is 66.3 Å². The van der Waals surface area contributed by atoms with Gasteiger partial charge in [-0.05, 0) is 43.3 Å². The number of hydrogen-bond acceptors (Lipinski definition) is 5. The van der Waals surface area contributed by atoms with E-state index in [0.29, 0.717) is 17.1 Å². The Bertz CT molecular complexity index is 834. The summed E-state index contributed by atoms with van der Waals surface area (Å²) in [6, 6.07) is 14.3. The predicted molar refractivity (Wildman–Crippen MR) is 88.2 cm³/mol. The van der Waals surface area contributed by atoms with E-state index in [-0.39, 0.29) is 24.2 Å². The van der Waals surface area contributed by atoms with Crippen LogP contribution in [0.5, 0.6) is 5.75 Å². The molecular weight excluding hydrogens is 325 g/mol. The van der Waals surface area contributed by atoms with E-state index in [4.69, 9.17) is 9.26 Å². The van der Waals surface area contributed by atoms with Crippen LogP contribution in [0.1, 0.15) is 18.9 Å². The Kier molecular flexibility index (Phi) is 5.03. The Labute approximate surface area is 143 Å². The summed E-state index contributed by atoms with van der Waals surface area (Å²) < 4.78 is 23.5. The minimum Gasteiger partial charge on any atom is -0.484 e. The highest BCUT2D eigenvalue weighted by atomic mass is 19.1. The molecule has 0 spiro atoms. The maximum absolute atomic E-state index is 13.0. The first kappa shape index (κ1) is 16.6.